The van der Waals surface area contributed by atoms with Gasteiger partial charge in [0.25, 0.3) is 0 Å². The molecule has 0 aromatic rings. The van der Waals surface area contributed by atoms with E-state index >= 15 is 0 Å². The van der Waals surface area contributed by atoms with E-state index in [0.29, 0.717) is 25.7 Å². The fraction of sp³-hybridized carbons (Fsp3) is 0.808. The van der Waals surface area contributed by atoms with Crippen molar-refractivity contribution >= 4 is 29.5 Å². The Morgan fingerprint density at radius 1 is 0.778 bits per heavy atom. The molecule has 0 aliphatic carbocycles. The van der Waals surface area contributed by atoms with Crippen molar-refractivity contribution in [1.29, 1.82) is 0 Å². The maximum atomic E-state index is 13.4. The number of nitrogens with one attached hydrogen (secondary N) is 1. The lowest BCUT2D eigenvalue weighted by molar-refractivity contribution is -0.146. The van der Waals surface area contributed by atoms with Gasteiger partial charge in [-0.3, -0.25) is 24.0 Å². The van der Waals surface area contributed by atoms with Crippen molar-refractivity contribution in [2.45, 2.75) is 92.3 Å². The summed E-state index contributed by atoms with van der Waals surface area (Å²) >= 11 is 0. The Balaban J connectivity index is 5.77. The van der Waals surface area contributed by atoms with Crippen LogP contribution in [0.25, 0.3) is 0 Å². The van der Waals surface area contributed by atoms with E-state index < -0.39 is 35.8 Å². The van der Waals surface area contributed by atoms with Gasteiger partial charge in [0.2, 0.25) is 29.5 Å². The molecule has 0 saturated carbocycles. The van der Waals surface area contributed by atoms with Gasteiger partial charge in [0.05, 0.1) is 6.54 Å². The summed E-state index contributed by atoms with van der Waals surface area (Å²) in [6.45, 7) is 13.1. The molecule has 0 spiro atoms. The normalized spacial score (nSPS) is 13.8. The van der Waals surface area contributed by atoms with E-state index in [2.05, 4.69) is 5.32 Å². The second kappa shape index (κ2) is 15.5. The van der Waals surface area contributed by atoms with E-state index in [4.69, 9.17) is 5.73 Å². The molecule has 5 amide bonds. The summed E-state index contributed by atoms with van der Waals surface area (Å²) in [4.78, 5) is 67.9. The standard InChI is InChI=1S/C26H49N5O5/c1-11-12-21(32)29(8)15-22(33)30(9)20(14-17(4)5)25(35)28-23(18(6)7)26(36)31(10)19(24(27)34)13-16(2)3/h16-20,23H,11-15H2,1-10H3,(H2,27,34)(H,28,35)/t19-,20-,23-/m0/s1. The molecule has 0 fully saturated rings. The van der Waals surface area contributed by atoms with E-state index in [1.165, 1.54) is 28.8 Å². The average molecular weight is 512 g/mol. The van der Waals surface area contributed by atoms with E-state index in [1.54, 1.807) is 20.9 Å². The van der Waals surface area contributed by atoms with Crippen molar-refractivity contribution in [1.82, 2.24) is 20.0 Å². The molecule has 208 valence electrons. The highest BCUT2D eigenvalue weighted by Gasteiger charge is 2.36. The number of nitrogens with zero attached hydrogens (tertiary/aromatic N) is 3. The van der Waals surface area contributed by atoms with E-state index in [1.807, 2.05) is 34.6 Å². The molecule has 0 unspecified atom stereocenters. The highest BCUT2D eigenvalue weighted by atomic mass is 16.2. The molecular weight excluding hydrogens is 462 g/mol. The number of hydrogen-bond acceptors (Lipinski definition) is 5. The van der Waals surface area contributed by atoms with Crippen LogP contribution in [-0.4, -0.2) is 90.0 Å². The van der Waals surface area contributed by atoms with Crippen LogP contribution in [0.1, 0.15) is 74.1 Å². The zero-order valence-electron chi connectivity index (χ0n) is 24.0. The molecule has 3 atom stereocenters. The quantitative estimate of drug-likeness (QED) is 0.345. The molecule has 0 radical (unpaired) electrons. The molecular formula is C26H49N5O5. The zero-order chi connectivity index (χ0) is 28.3. The van der Waals surface area contributed by atoms with E-state index in [-0.39, 0.29) is 36.1 Å². The minimum absolute atomic E-state index is 0.0941. The first-order chi connectivity index (χ1) is 16.5. The summed E-state index contributed by atoms with van der Waals surface area (Å²) in [7, 11) is 4.63. The zero-order valence-corrected chi connectivity index (χ0v) is 24.0. The Morgan fingerprint density at radius 2 is 1.28 bits per heavy atom. The summed E-state index contributed by atoms with van der Waals surface area (Å²) in [5, 5.41) is 2.83. The largest absolute Gasteiger partial charge is 0.368 e. The summed E-state index contributed by atoms with van der Waals surface area (Å²) in [6.07, 6.45) is 1.82. The molecule has 0 heterocycles. The molecule has 10 nitrogen and oxygen atoms in total. The SMILES string of the molecule is CCCC(=O)N(C)CC(=O)N(C)[C@@H](CC(C)C)C(=O)N[C@H](C(=O)N(C)[C@@H](CC(C)C)C(N)=O)C(C)C. The van der Waals surface area contributed by atoms with Gasteiger partial charge in [-0.2, -0.15) is 0 Å². The van der Waals surface area contributed by atoms with Gasteiger partial charge < -0.3 is 25.8 Å². The van der Waals surface area contributed by atoms with Crippen molar-refractivity contribution in [2.75, 3.05) is 27.7 Å². The number of likely N-dealkylation sites (N-methyl/N-ethyl adjacent to an activating group) is 3. The number of nitrogens with two attached hydrogens (primary N) is 1. The highest BCUT2D eigenvalue weighted by molar-refractivity contribution is 5.94. The lowest BCUT2D eigenvalue weighted by atomic mass is 9.97. The Labute approximate surface area is 217 Å². The van der Waals surface area contributed by atoms with Gasteiger partial charge in [-0.05, 0) is 37.0 Å². The molecule has 0 saturated heterocycles. The monoisotopic (exact) mass is 511 g/mol. The summed E-state index contributed by atoms with van der Waals surface area (Å²) in [5.74, 6) is -2.00. The number of carbonyl (C=O) groups excluding carboxylic acids is 5. The maximum Gasteiger partial charge on any atom is 0.245 e. The summed E-state index contributed by atoms with van der Waals surface area (Å²) < 4.78 is 0. The minimum atomic E-state index is -0.900. The lowest BCUT2D eigenvalue weighted by Crippen LogP contribution is -2.59. The number of rotatable bonds is 15. The Morgan fingerprint density at radius 3 is 1.69 bits per heavy atom. The molecule has 0 aliphatic heterocycles. The first-order valence-corrected chi connectivity index (χ1v) is 12.9. The fourth-order valence-corrected chi connectivity index (χ4v) is 3.92. The van der Waals surface area contributed by atoms with Gasteiger partial charge in [0, 0.05) is 27.6 Å². The van der Waals surface area contributed by atoms with Crippen LogP contribution in [0.4, 0.5) is 0 Å². The Kier molecular flexibility index (Phi) is 14.3. The van der Waals surface area contributed by atoms with Gasteiger partial charge in [-0.15, -0.1) is 0 Å². The Bertz CT molecular complexity index is 768. The molecule has 3 N–H and O–H groups in total. The van der Waals surface area contributed by atoms with Gasteiger partial charge in [0.1, 0.15) is 18.1 Å². The minimum Gasteiger partial charge on any atom is -0.368 e. The number of hydrogen-bond donors (Lipinski definition) is 2. The summed E-state index contributed by atoms with van der Waals surface area (Å²) in [6, 6.07) is -2.51. The van der Waals surface area contributed by atoms with Crippen molar-refractivity contribution in [2.24, 2.45) is 23.5 Å². The van der Waals surface area contributed by atoms with Gasteiger partial charge in [-0.1, -0.05) is 48.5 Å². The molecule has 0 aromatic carbocycles. The molecule has 0 aromatic heterocycles. The van der Waals surface area contributed by atoms with Crippen LogP contribution < -0.4 is 11.1 Å². The second-order valence-electron chi connectivity index (χ2n) is 10.9. The van der Waals surface area contributed by atoms with Crippen LogP contribution in [0.3, 0.4) is 0 Å². The Hall–Kier alpha value is -2.65. The van der Waals surface area contributed by atoms with Crippen molar-refractivity contribution < 1.29 is 24.0 Å². The molecule has 36 heavy (non-hydrogen) atoms. The maximum absolute atomic E-state index is 13.4. The van der Waals surface area contributed by atoms with Crippen LogP contribution in [0.15, 0.2) is 0 Å². The third-order valence-corrected chi connectivity index (χ3v) is 6.19. The number of carbonyl (C=O) groups is 5. The van der Waals surface area contributed by atoms with Gasteiger partial charge >= 0.3 is 0 Å². The van der Waals surface area contributed by atoms with E-state index in [0.717, 1.165) is 0 Å². The van der Waals surface area contributed by atoms with Crippen molar-refractivity contribution in [3.05, 3.63) is 0 Å². The highest BCUT2D eigenvalue weighted by Crippen LogP contribution is 2.16. The molecule has 0 aliphatic rings. The third-order valence-electron chi connectivity index (χ3n) is 6.19. The van der Waals surface area contributed by atoms with Gasteiger partial charge in [-0.25, -0.2) is 0 Å². The number of primary amides is 1. The molecule has 10 heteroatoms. The van der Waals surface area contributed by atoms with Crippen LogP contribution in [0.2, 0.25) is 0 Å². The molecule has 0 rings (SSSR count). The lowest BCUT2D eigenvalue weighted by Gasteiger charge is -2.35. The van der Waals surface area contributed by atoms with Crippen molar-refractivity contribution in [3.63, 3.8) is 0 Å². The smallest absolute Gasteiger partial charge is 0.245 e. The average Bonchev–Trinajstić information content (AvgIpc) is 2.77. The van der Waals surface area contributed by atoms with E-state index in [9.17, 15) is 24.0 Å². The van der Waals surface area contributed by atoms with Crippen molar-refractivity contribution in [3.8, 4) is 0 Å². The topological polar surface area (TPSA) is 133 Å². The predicted molar refractivity (Wildman–Crippen MR) is 141 cm³/mol. The van der Waals surface area contributed by atoms with Crippen LogP contribution in [-0.2, 0) is 24.0 Å². The number of amides is 5. The second-order valence-corrected chi connectivity index (χ2v) is 10.9. The fourth-order valence-electron chi connectivity index (χ4n) is 3.92. The van der Waals surface area contributed by atoms with Crippen LogP contribution in [0, 0.1) is 17.8 Å². The van der Waals surface area contributed by atoms with Gasteiger partial charge in [0.15, 0.2) is 0 Å². The molecule has 0 bridgehead atoms. The van der Waals surface area contributed by atoms with Crippen LogP contribution in [0.5, 0.6) is 0 Å². The predicted octanol–water partition coefficient (Wildman–Crippen LogP) is 1.62. The van der Waals surface area contributed by atoms with Crippen LogP contribution >= 0.6 is 0 Å². The first kappa shape index (κ1) is 33.4. The first-order valence-electron chi connectivity index (χ1n) is 12.9. The third kappa shape index (κ3) is 10.5. The summed E-state index contributed by atoms with van der Waals surface area (Å²) in [5.41, 5.74) is 5.56.